The summed E-state index contributed by atoms with van der Waals surface area (Å²) < 4.78 is 7.39. The van der Waals surface area contributed by atoms with Crippen LogP contribution in [0.25, 0.3) is 11.4 Å². The van der Waals surface area contributed by atoms with Crippen LogP contribution in [0, 0.1) is 0 Å². The van der Waals surface area contributed by atoms with Gasteiger partial charge in [0.1, 0.15) is 5.75 Å². The second kappa shape index (κ2) is 9.07. The lowest BCUT2D eigenvalue weighted by Gasteiger charge is -2.14. The van der Waals surface area contributed by atoms with E-state index in [-0.39, 0.29) is 11.2 Å². The first-order chi connectivity index (χ1) is 12.7. The molecule has 0 bridgehead atoms. The molecular formula is C19H26N4O2S. The van der Waals surface area contributed by atoms with E-state index >= 15 is 0 Å². The molecule has 0 aliphatic carbocycles. The predicted molar refractivity (Wildman–Crippen MR) is 103 cm³/mol. The van der Waals surface area contributed by atoms with Crippen LogP contribution in [0.15, 0.2) is 29.4 Å². The number of nitrogens with one attached hydrogen (secondary N) is 1. The molecule has 1 aliphatic heterocycles. The number of hydrogen-bond acceptors (Lipinski definition) is 5. The Morgan fingerprint density at radius 3 is 2.81 bits per heavy atom. The zero-order valence-corrected chi connectivity index (χ0v) is 16.2. The third kappa shape index (κ3) is 4.38. The molecule has 3 rings (SSSR count). The smallest absolute Gasteiger partial charge is 0.233 e. The number of unbranched alkanes of at least 4 members (excludes halogenated alkanes) is 1. The molecule has 0 spiro atoms. The van der Waals surface area contributed by atoms with Gasteiger partial charge in [0.05, 0.1) is 12.4 Å². The summed E-state index contributed by atoms with van der Waals surface area (Å²) in [6.45, 7) is 3.79. The van der Waals surface area contributed by atoms with Crippen molar-refractivity contribution in [3.05, 3.63) is 24.3 Å². The summed E-state index contributed by atoms with van der Waals surface area (Å²) in [5.41, 5.74) is 1.01. The summed E-state index contributed by atoms with van der Waals surface area (Å²) in [6, 6.07) is 7.86. The lowest BCUT2D eigenvalue weighted by atomic mass is 10.2. The van der Waals surface area contributed by atoms with Gasteiger partial charge in [-0.2, -0.15) is 0 Å². The lowest BCUT2D eigenvalue weighted by Crippen LogP contribution is -2.30. The van der Waals surface area contributed by atoms with E-state index in [4.69, 9.17) is 4.74 Å². The highest BCUT2D eigenvalue weighted by molar-refractivity contribution is 8.00. The SMILES string of the molecule is CCCCn1c(S[C@H]2CCCCNC2=O)nnc1-c1ccc(OC)cc1. The number of hydrogen-bond donors (Lipinski definition) is 1. The van der Waals surface area contributed by atoms with Crippen molar-refractivity contribution in [1.82, 2.24) is 20.1 Å². The summed E-state index contributed by atoms with van der Waals surface area (Å²) in [5, 5.41) is 12.6. The normalized spacial score (nSPS) is 17.6. The molecule has 1 N–H and O–H groups in total. The van der Waals surface area contributed by atoms with Crippen LogP contribution in [0.1, 0.15) is 39.0 Å². The Bertz CT molecular complexity index is 730. The zero-order valence-electron chi connectivity index (χ0n) is 15.4. The Hall–Kier alpha value is -2.02. The quantitative estimate of drug-likeness (QED) is 0.803. The van der Waals surface area contributed by atoms with Crippen molar-refractivity contribution in [2.45, 2.75) is 56.0 Å². The van der Waals surface area contributed by atoms with E-state index < -0.39 is 0 Å². The molecule has 2 heterocycles. The minimum atomic E-state index is -0.0919. The average molecular weight is 375 g/mol. The second-order valence-corrected chi connectivity index (χ2v) is 7.60. The Morgan fingerprint density at radius 2 is 2.08 bits per heavy atom. The number of rotatable bonds is 7. The number of carbonyl (C=O) groups is 1. The van der Waals surface area contributed by atoms with Crippen LogP contribution in [0.2, 0.25) is 0 Å². The van der Waals surface area contributed by atoms with Crippen molar-refractivity contribution in [3.8, 4) is 17.1 Å². The number of thioether (sulfide) groups is 1. The molecule has 1 saturated heterocycles. The zero-order chi connectivity index (χ0) is 18.4. The number of aromatic nitrogens is 3. The average Bonchev–Trinajstić information content (AvgIpc) is 2.95. The van der Waals surface area contributed by atoms with Gasteiger partial charge >= 0.3 is 0 Å². The molecule has 1 aliphatic rings. The number of ether oxygens (including phenoxy) is 1. The number of amides is 1. The van der Waals surface area contributed by atoms with E-state index in [1.807, 2.05) is 24.3 Å². The summed E-state index contributed by atoms with van der Waals surface area (Å²) in [4.78, 5) is 12.3. The predicted octanol–water partition coefficient (Wildman–Crippen LogP) is 3.51. The van der Waals surface area contributed by atoms with Gasteiger partial charge in [-0.3, -0.25) is 4.79 Å². The third-order valence-electron chi connectivity index (χ3n) is 4.53. The Balaban J connectivity index is 1.87. The van der Waals surface area contributed by atoms with Gasteiger partial charge in [-0.25, -0.2) is 0 Å². The maximum atomic E-state index is 12.3. The molecule has 1 amide bonds. The Morgan fingerprint density at radius 1 is 1.27 bits per heavy atom. The van der Waals surface area contributed by atoms with Crippen molar-refractivity contribution in [1.29, 1.82) is 0 Å². The molecule has 6 nitrogen and oxygen atoms in total. The van der Waals surface area contributed by atoms with Gasteiger partial charge in [0.2, 0.25) is 5.91 Å². The number of carbonyl (C=O) groups excluding carboxylic acids is 1. The third-order valence-corrected chi connectivity index (χ3v) is 5.78. The first kappa shape index (κ1) is 18.8. The fraction of sp³-hybridized carbons (Fsp3) is 0.526. The number of benzene rings is 1. The summed E-state index contributed by atoms with van der Waals surface area (Å²) in [7, 11) is 1.66. The van der Waals surface area contributed by atoms with Crippen molar-refractivity contribution in [2.75, 3.05) is 13.7 Å². The minimum absolute atomic E-state index is 0.0919. The second-order valence-electron chi connectivity index (χ2n) is 6.43. The van der Waals surface area contributed by atoms with Gasteiger partial charge in [0.15, 0.2) is 11.0 Å². The van der Waals surface area contributed by atoms with Crippen molar-refractivity contribution in [3.63, 3.8) is 0 Å². The van der Waals surface area contributed by atoms with E-state index in [1.165, 1.54) is 11.8 Å². The molecule has 2 aromatic rings. The molecular weight excluding hydrogens is 348 g/mol. The largest absolute Gasteiger partial charge is 0.497 e. The van der Waals surface area contributed by atoms with Gasteiger partial charge in [0.25, 0.3) is 0 Å². The van der Waals surface area contributed by atoms with Crippen LogP contribution in [-0.4, -0.2) is 39.6 Å². The van der Waals surface area contributed by atoms with E-state index in [0.29, 0.717) is 0 Å². The van der Waals surface area contributed by atoms with Crippen molar-refractivity contribution in [2.24, 2.45) is 0 Å². The fourth-order valence-electron chi connectivity index (χ4n) is 3.00. The molecule has 1 atom stereocenters. The van der Waals surface area contributed by atoms with Crippen LogP contribution in [0.5, 0.6) is 5.75 Å². The van der Waals surface area contributed by atoms with Crippen molar-refractivity contribution < 1.29 is 9.53 Å². The lowest BCUT2D eigenvalue weighted by molar-refractivity contribution is -0.120. The Kier molecular flexibility index (Phi) is 6.55. The highest BCUT2D eigenvalue weighted by Gasteiger charge is 2.25. The molecule has 0 saturated carbocycles. The van der Waals surface area contributed by atoms with Crippen LogP contribution in [0.4, 0.5) is 0 Å². The van der Waals surface area contributed by atoms with Crippen molar-refractivity contribution >= 4 is 17.7 Å². The van der Waals surface area contributed by atoms with E-state index in [9.17, 15) is 4.79 Å². The maximum absolute atomic E-state index is 12.3. The monoisotopic (exact) mass is 374 g/mol. The Labute approximate surface area is 158 Å². The number of nitrogens with zero attached hydrogens (tertiary/aromatic N) is 3. The first-order valence-corrected chi connectivity index (χ1v) is 10.1. The maximum Gasteiger partial charge on any atom is 0.233 e. The molecule has 26 heavy (non-hydrogen) atoms. The van der Waals surface area contributed by atoms with Crippen LogP contribution in [-0.2, 0) is 11.3 Å². The standard InChI is InChI=1S/C19H26N4O2S/c1-3-4-13-23-17(14-8-10-15(25-2)11-9-14)21-22-19(23)26-16-7-5-6-12-20-18(16)24/h8-11,16H,3-7,12-13H2,1-2H3,(H,20,24)/t16-/m0/s1. The van der Waals surface area contributed by atoms with Crippen LogP contribution < -0.4 is 10.1 Å². The van der Waals surface area contributed by atoms with Crippen LogP contribution >= 0.6 is 11.8 Å². The van der Waals surface area contributed by atoms with Gasteiger partial charge in [-0.1, -0.05) is 31.5 Å². The topological polar surface area (TPSA) is 69.0 Å². The van der Waals surface area contributed by atoms with E-state index in [0.717, 1.165) is 67.5 Å². The summed E-state index contributed by atoms with van der Waals surface area (Å²) in [5.74, 6) is 1.78. The summed E-state index contributed by atoms with van der Waals surface area (Å²) >= 11 is 1.54. The molecule has 1 aromatic heterocycles. The fourth-order valence-corrected chi connectivity index (χ4v) is 4.12. The van der Waals surface area contributed by atoms with Gasteiger partial charge in [-0.15, -0.1) is 10.2 Å². The molecule has 140 valence electrons. The van der Waals surface area contributed by atoms with Gasteiger partial charge in [0, 0.05) is 18.7 Å². The molecule has 7 heteroatoms. The van der Waals surface area contributed by atoms with Gasteiger partial charge < -0.3 is 14.6 Å². The highest BCUT2D eigenvalue weighted by Crippen LogP contribution is 2.31. The van der Waals surface area contributed by atoms with E-state index in [1.54, 1.807) is 7.11 Å². The van der Waals surface area contributed by atoms with Crippen LogP contribution in [0.3, 0.4) is 0 Å². The summed E-state index contributed by atoms with van der Waals surface area (Å²) in [6.07, 6.45) is 5.13. The molecule has 1 aromatic carbocycles. The minimum Gasteiger partial charge on any atom is -0.497 e. The van der Waals surface area contributed by atoms with Gasteiger partial charge in [-0.05, 0) is 43.5 Å². The highest BCUT2D eigenvalue weighted by atomic mass is 32.2. The first-order valence-electron chi connectivity index (χ1n) is 9.25. The number of methoxy groups -OCH3 is 1. The molecule has 0 unspecified atom stereocenters. The van der Waals surface area contributed by atoms with E-state index in [2.05, 4.69) is 27.0 Å². The molecule has 1 fully saturated rings. The molecule has 0 radical (unpaired) electrons.